The first-order valence-corrected chi connectivity index (χ1v) is 12.1. The van der Waals surface area contributed by atoms with Crippen LogP contribution in [0, 0.1) is 0 Å². The predicted molar refractivity (Wildman–Crippen MR) is 132 cm³/mol. The van der Waals surface area contributed by atoms with E-state index in [1.807, 2.05) is 41.3 Å². The number of morpholine rings is 1. The highest BCUT2D eigenvalue weighted by atomic mass is 35.5. The summed E-state index contributed by atoms with van der Waals surface area (Å²) >= 11 is 12.8. The Bertz CT molecular complexity index is 1180. The number of carbonyl (C=O) groups excluding carboxylic acids is 1. The second kappa shape index (κ2) is 9.96. The van der Waals surface area contributed by atoms with E-state index in [0.29, 0.717) is 22.3 Å². The lowest BCUT2D eigenvalue weighted by atomic mass is 9.96. The van der Waals surface area contributed by atoms with Crippen molar-refractivity contribution in [3.05, 3.63) is 69.3 Å². The number of aromatic amines is 1. The number of nitrogens with zero attached hydrogens (tertiary/aromatic N) is 3. The van der Waals surface area contributed by atoms with E-state index in [4.69, 9.17) is 32.7 Å². The van der Waals surface area contributed by atoms with E-state index < -0.39 is 0 Å². The molecule has 1 amide bonds. The number of benzene rings is 2. The quantitative estimate of drug-likeness (QED) is 0.510. The second-order valence-electron chi connectivity index (χ2n) is 8.46. The number of aromatic nitrogens is 2. The van der Waals surface area contributed by atoms with Crippen molar-refractivity contribution in [2.45, 2.75) is 12.5 Å². The Balaban J connectivity index is 1.49. The molecule has 0 spiro atoms. The summed E-state index contributed by atoms with van der Waals surface area (Å²) in [7, 11) is 1.63. The van der Waals surface area contributed by atoms with Gasteiger partial charge < -0.3 is 14.4 Å². The summed E-state index contributed by atoms with van der Waals surface area (Å²) in [5.74, 6) is 0.689. The molecule has 1 N–H and O–H groups in total. The molecule has 0 aliphatic carbocycles. The van der Waals surface area contributed by atoms with E-state index in [-0.39, 0.29) is 11.9 Å². The van der Waals surface area contributed by atoms with Gasteiger partial charge in [0.15, 0.2) is 0 Å². The summed E-state index contributed by atoms with van der Waals surface area (Å²) in [5.41, 5.74) is 3.81. The van der Waals surface area contributed by atoms with E-state index >= 15 is 0 Å². The highest BCUT2D eigenvalue weighted by molar-refractivity contribution is 6.35. The average molecular weight is 501 g/mol. The molecular formula is C25H26Cl2N4O3. The number of halogens is 2. The monoisotopic (exact) mass is 500 g/mol. The number of methoxy groups -OCH3 is 1. The summed E-state index contributed by atoms with van der Waals surface area (Å²) in [6, 6.07) is 12.7. The van der Waals surface area contributed by atoms with Gasteiger partial charge in [-0.15, -0.1) is 0 Å². The van der Waals surface area contributed by atoms with Crippen LogP contribution in [0.3, 0.4) is 0 Å². The average Bonchev–Trinajstić information content (AvgIpc) is 3.39. The third-order valence-electron chi connectivity index (χ3n) is 6.46. The zero-order valence-electron chi connectivity index (χ0n) is 18.9. The first-order valence-electron chi connectivity index (χ1n) is 11.4. The van der Waals surface area contributed by atoms with Crippen molar-refractivity contribution < 1.29 is 14.3 Å². The minimum Gasteiger partial charge on any atom is -0.497 e. The normalized spacial score (nSPS) is 18.4. The number of hydrogen-bond acceptors (Lipinski definition) is 5. The fourth-order valence-corrected chi connectivity index (χ4v) is 5.24. The van der Waals surface area contributed by atoms with Crippen LogP contribution >= 0.6 is 23.2 Å². The maximum absolute atomic E-state index is 13.5. The van der Waals surface area contributed by atoms with Crippen molar-refractivity contribution in [3.8, 4) is 17.0 Å². The molecule has 0 radical (unpaired) electrons. The van der Waals surface area contributed by atoms with Crippen LogP contribution in [-0.4, -0.2) is 72.4 Å². The van der Waals surface area contributed by atoms with E-state index in [0.717, 1.165) is 67.4 Å². The molecule has 9 heteroatoms. The molecule has 2 aromatic carbocycles. The molecule has 1 fully saturated rings. The summed E-state index contributed by atoms with van der Waals surface area (Å²) < 4.78 is 10.7. The molecule has 2 aliphatic rings. The molecule has 0 saturated carbocycles. The third-order valence-corrected chi connectivity index (χ3v) is 7.02. The Morgan fingerprint density at radius 1 is 1.12 bits per heavy atom. The van der Waals surface area contributed by atoms with Gasteiger partial charge in [0, 0.05) is 47.4 Å². The minimum absolute atomic E-state index is 0.0692. The van der Waals surface area contributed by atoms with Crippen molar-refractivity contribution in [3.63, 3.8) is 0 Å². The Morgan fingerprint density at radius 3 is 2.59 bits per heavy atom. The number of rotatable bonds is 7. The van der Waals surface area contributed by atoms with Gasteiger partial charge in [0.05, 0.1) is 32.1 Å². The first-order chi connectivity index (χ1) is 16.6. The van der Waals surface area contributed by atoms with Gasteiger partial charge in [0.25, 0.3) is 5.91 Å². The van der Waals surface area contributed by atoms with Crippen molar-refractivity contribution in [2.24, 2.45) is 0 Å². The van der Waals surface area contributed by atoms with E-state index in [9.17, 15) is 4.79 Å². The van der Waals surface area contributed by atoms with Gasteiger partial charge in [-0.05, 0) is 48.4 Å². The van der Waals surface area contributed by atoms with E-state index in [2.05, 4.69) is 15.1 Å². The van der Waals surface area contributed by atoms with E-state index in [1.165, 1.54) is 0 Å². The molecule has 0 bridgehead atoms. The van der Waals surface area contributed by atoms with Crippen LogP contribution in [0.5, 0.6) is 5.75 Å². The standard InChI is InChI=1S/C25H26Cl2N4O3/c1-33-18-6-3-16(4-7-18)22-21-23(29-28-22)25(32)31(10-2-9-30-11-13-34-14-12-30)24(21)19-8-5-17(26)15-20(19)27/h3-8,15,24H,2,9-14H2,1H3,(H,28,29). The summed E-state index contributed by atoms with van der Waals surface area (Å²) in [6.45, 7) is 4.87. The van der Waals surface area contributed by atoms with Crippen molar-refractivity contribution in [2.75, 3.05) is 46.5 Å². The number of hydrogen-bond donors (Lipinski definition) is 1. The Morgan fingerprint density at radius 2 is 1.88 bits per heavy atom. The van der Waals surface area contributed by atoms with Gasteiger partial charge in [-0.3, -0.25) is 14.8 Å². The lowest BCUT2D eigenvalue weighted by Crippen LogP contribution is -2.38. The van der Waals surface area contributed by atoms with Crippen LogP contribution in [0.4, 0.5) is 0 Å². The highest BCUT2D eigenvalue weighted by Crippen LogP contribution is 2.45. The fraction of sp³-hybridized carbons (Fsp3) is 0.360. The number of ether oxygens (including phenoxy) is 2. The highest BCUT2D eigenvalue weighted by Gasteiger charge is 2.42. The van der Waals surface area contributed by atoms with Gasteiger partial charge in [0.1, 0.15) is 11.4 Å². The molecule has 34 heavy (non-hydrogen) atoms. The van der Waals surface area contributed by atoms with Crippen LogP contribution in [0.2, 0.25) is 10.0 Å². The molecule has 1 atom stereocenters. The zero-order valence-corrected chi connectivity index (χ0v) is 20.4. The topological polar surface area (TPSA) is 70.7 Å². The van der Waals surface area contributed by atoms with Crippen molar-refractivity contribution in [1.82, 2.24) is 20.0 Å². The van der Waals surface area contributed by atoms with Crippen LogP contribution in [0.25, 0.3) is 11.3 Å². The SMILES string of the molecule is COc1ccc(-c2n[nH]c3c2C(c2ccc(Cl)cc2Cl)N(CCCN2CCOCC2)C3=O)cc1. The number of carbonyl (C=O) groups is 1. The molecule has 178 valence electrons. The van der Waals surface area contributed by atoms with Crippen LogP contribution in [0.1, 0.15) is 34.1 Å². The van der Waals surface area contributed by atoms with Gasteiger partial charge in [-0.25, -0.2) is 0 Å². The fourth-order valence-electron chi connectivity index (χ4n) is 4.73. The molecule has 1 saturated heterocycles. The largest absolute Gasteiger partial charge is 0.497 e. The Hall–Kier alpha value is -2.58. The lowest BCUT2D eigenvalue weighted by molar-refractivity contribution is 0.0354. The molecule has 1 aromatic heterocycles. The molecule has 3 heterocycles. The van der Waals surface area contributed by atoms with Crippen LogP contribution in [0.15, 0.2) is 42.5 Å². The summed E-state index contributed by atoms with van der Waals surface area (Å²) in [5, 5.41) is 8.60. The Kier molecular flexibility index (Phi) is 6.79. The lowest BCUT2D eigenvalue weighted by Gasteiger charge is -2.30. The smallest absolute Gasteiger partial charge is 0.273 e. The van der Waals surface area contributed by atoms with Gasteiger partial charge >= 0.3 is 0 Å². The molecule has 7 nitrogen and oxygen atoms in total. The summed E-state index contributed by atoms with van der Waals surface area (Å²) in [4.78, 5) is 17.8. The minimum atomic E-state index is -0.354. The number of fused-ring (bicyclic) bond motifs is 1. The number of H-pyrrole nitrogens is 1. The van der Waals surface area contributed by atoms with Gasteiger partial charge in [0.2, 0.25) is 0 Å². The maximum atomic E-state index is 13.5. The number of amides is 1. The van der Waals surface area contributed by atoms with Gasteiger partial charge in [-0.2, -0.15) is 5.10 Å². The maximum Gasteiger partial charge on any atom is 0.273 e. The van der Waals surface area contributed by atoms with Crippen molar-refractivity contribution in [1.29, 1.82) is 0 Å². The van der Waals surface area contributed by atoms with Gasteiger partial charge in [-0.1, -0.05) is 29.3 Å². The molecular weight excluding hydrogens is 475 g/mol. The van der Waals surface area contributed by atoms with Crippen LogP contribution < -0.4 is 4.74 Å². The molecule has 5 rings (SSSR count). The summed E-state index contributed by atoms with van der Waals surface area (Å²) in [6.07, 6.45) is 0.850. The van der Waals surface area contributed by atoms with Crippen molar-refractivity contribution >= 4 is 29.1 Å². The molecule has 1 unspecified atom stereocenters. The first kappa shape index (κ1) is 23.2. The molecule has 3 aromatic rings. The zero-order chi connectivity index (χ0) is 23.7. The predicted octanol–water partition coefficient (Wildman–Crippen LogP) is 4.66. The second-order valence-corrected chi connectivity index (χ2v) is 9.31. The molecule has 2 aliphatic heterocycles. The number of nitrogens with one attached hydrogen (secondary N) is 1. The van der Waals surface area contributed by atoms with Crippen LogP contribution in [-0.2, 0) is 4.74 Å². The van der Waals surface area contributed by atoms with E-state index in [1.54, 1.807) is 13.2 Å². The Labute approximate surface area is 208 Å². The third kappa shape index (κ3) is 4.41.